The molecule has 0 aromatic rings. The molecule has 1 saturated heterocycles. The van der Waals surface area contributed by atoms with Crippen molar-refractivity contribution in [2.45, 2.75) is 51.4 Å². The van der Waals surface area contributed by atoms with E-state index in [1.807, 2.05) is 0 Å². The van der Waals surface area contributed by atoms with Crippen LogP contribution in [-0.2, 0) is 4.74 Å². The zero-order valence-corrected chi connectivity index (χ0v) is 11.3. The molecule has 0 bridgehead atoms. The molecule has 2 unspecified atom stereocenters. The molecule has 0 spiro atoms. The minimum Gasteiger partial charge on any atom is -0.374 e. The number of hydrogen-bond acceptors (Lipinski definition) is 2. The van der Waals surface area contributed by atoms with Gasteiger partial charge in [0.2, 0.25) is 0 Å². The second-order valence-corrected chi connectivity index (χ2v) is 5.53. The van der Waals surface area contributed by atoms with Crippen LogP contribution in [0, 0.1) is 0 Å². The van der Waals surface area contributed by atoms with Crippen molar-refractivity contribution in [2.24, 2.45) is 0 Å². The normalized spacial score (nSPS) is 28.7. The largest absolute Gasteiger partial charge is 0.374 e. The summed E-state index contributed by atoms with van der Waals surface area (Å²) in [6.45, 7) is 7.71. The van der Waals surface area contributed by atoms with E-state index in [9.17, 15) is 0 Å². The van der Waals surface area contributed by atoms with E-state index in [-0.39, 0.29) is 5.54 Å². The molecular weight excluding hydrogens is 242 g/mol. The van der Waals surface area contributed by atoms with Gasteiger partial charge in [-0.2, -0.15) is 0 Å². The molecule has 84 valence electrons. The molecule has 0 N–H and O–H groups in total. The summed E-state index contributed by atoms with van der Waals surface area (Å²) in [7, 11) is 2.17. The fourth-order valence-electron chi connectivity index (χ4n) is 1.67. The topological polar surface area (TPSA) is 12.5 Å². The molecule has 2 atom stereocenters. The lowest BCUT2D eigenvalue weighted by atomic mass is 10.1. The molecule has 1 fully saturated rings. The summed E-state index contributed by atoms with van der Waals surface area (Å²) in [6, 6.07) is 0. The van der Waals surface area contributed by atoms with Crippen molar-refractivity contribution in [3.63, 3.8) is 0 Å². The van der Waals surface area contributed by atoms with Gasteiger partial charge in [-0.25, -0.2) is 0 Å². The third-order valence-electron chi connectivity index (χ3n) is 3.16. The van der Waals surface area contributed by atoms with Crippen LogP contribution in [0.25, 0.3) is 0 Å². The predicted octanol–water partition coefficient (Wildman–Crippen LogP) is 2.66. The number of nitrogens with zero attached hydrogens (tertiary/aromatic N) is 1. The van der Waals surface area contributed by atoms with Crippen molar-refractivity contribution in [2.75, 3.05) is 18.9 Å². The average molecular weight is 264 g/mol. The molecule has 14 heavy (non-hydrogen) atoms. The molecule has 0 aliphatic carbocycles. The number of rotatable bonds is 4. The molecule has 1 heterocycles. The van der Waals surface area contributed by atoms with Crippen LogP contribution in [0.2, 0.25) is 0 Å². The standard InChI is InChI=1S/C11H22BrNO/c1-9-5-6-10(14-9)7-13(4)11(2,3)8-12/h9-10H,5-8H2,1-4H3. The van der Waals surface area contributed by atoms with Gasteiger partial charge in [0.05, 0.1) is 12.2 Å². The van der Waals surface area contributed by atoms with Crippen LogP contribution in [0.15, 0.2) is 0 Å². The Morgan fingerprint density at radius 2 is 2.07 bits per heavy atom. The molecule has 1 aliphatic heterocycles. The first-order chi connectivity index (χ1) is 6.45. The molecule has 0 saturated carbocycles. The Kier molecular flexibility index (Phi) is 4.41. The molecule has 0 radical (unpaired) electrons. The fraction of sp³-hybridized carbons (Fsp3) is 1.00. The van der Waals surface area contributed by atoms with Crippen LogP contribution in [-0.4, -0.2) is 41.6 Å². The Balaban J connectivity index is 2.37. The van der Waals surface area contributed by atoms with Crippen LogP contribution in [0.1, 0.15) is 33.6 Å². The second-order valence-electron chi connectivity index (χ2n) is 4.97. The van der Waals surface area contributed by atoms with Crippen molar-refractivity contribution in [1.82, 2.24) is 4.90 Å². The van der Waals surface area contributed by atoms with E-state index in [1.165, 1.54) is 12.8 Å². The third kappa shape index (κ3) is 3.21. The van der Waals surface area contributed by atoms with Gasteiger partial charge in [0.15, 0.2) is 0 Å². The third-order valence-corrected chi connectivity index (χ3v) is 4.53. The van der Waals surface area contributed by atoms with Gasteiger partial charge in [-0.05, 0) is 40.7 Å². The zero-order valence-electron chi connectivity index (χ0n) is 9.72. The first-order valence-electron chi connectivity index (χ1n) is 5.38. The van der Waals surface area contributed by atoms with Crippen LogP contribution >= 0.6 is 15.9 Å². The molecule has 0 aromatic heterocycles. The monoisotopic (exact) mass is 263 g/mol. The minimum absolute atomic E-state index is 0.217. The SMILES string of the molecule is CC1CCC(CN(C)C(C)(C)CBr)O1. The number of halogens is 1. The van der Waals surface area contributed by atoms with Gasteiger partial charge in [-0.1, -0.05) is 15.9 Å². The Labute approximate surface area is 96.1 Å². The minimum atomic E-state index is 0.217. The summed E-state index contributed by atoms with van der Waals surface area (Å²) in [5.74, 6) is 0. The van der Waals surface area contributed by atoms with E-state index in [0.717, 1.165) is 11.9 Å². The van der Waals surface area contributed by atoms with Crippen molar-refractivity contribution in [3.8, 4) is 0 Å². The van der Waals surface area contributed by atoms with E-state index in [0.29, 0.717) is 12.2 Å². The van der Waals surface area contributed by atoms with Gasteiger partial charge in [-0.15, -0.1) is 0 Å². The van der Waals surface area contributed by atoms with E-state index >= 15 is 0 Å². The molecule has 0 amide bonds. The summed E-state index contributed by atoms with van der Waals surface area (Å²) >= 11 is 3.55. The van der Waals surface area contributed by atoms with E-state index < -0.39 is 0 Å². The highest BCUT2D eigenvalue weighted by atomic mass is 79.9. The number of ether oxygens (including phenoxy) is 1. The molecular formula is C11H22BrNO. The predicted molar refractivity (Wildman–Crippen MR) is 64.1 cm³/mol. The van der Waals surface area contributed by atoms with Crippen LogP contribution in [0.4, 0.5) is 0 Å². The van der Waals surface area contributed by atoms with Gasteiger partial charge in [0.1, 0.15) is 0 Å². The van der Waals surface area contributed by atoms with Crippen LogP contribution in [0.3, 0.4) is 0 Å². The van der Waals surface area contributed by atoms with Gasteiger partial charge in [0, 0.05) is 17.4 Å². The molecule has 1 rings (SSSR count). The summed E-state index contributed by atoms with van der Waals surface area (Å²) < 4.78 is 5.81. The first kappa shape index (κ1) is 12.5. The second kappa shape index (κ2) is 4.95. The number of alkyl halides is 1. The zero-order chi connectivity index (χ0) is 10.8. The number of hydrogen-bond donors (Lipinski definition) is 0. The van der Waals surface area contributed by atoms with Gasteiger partial charge >= 0.3 is 0 Å². The van der Waals surface area contributed by atoms with Crippen molar-refractivity contribution >= 4 is 15.9 Å². The first-order valence-corrected chi connectivity index (χ1v) is 6.50. The van der Waals surface area contributed by atoms with Gasteiger partial charge in [-0.3, -0.25) is 4.90 Å². The lowest BCUT2D eigenvalue weighted by Crippen LogP contribution is -2.46. The van der Waals surface area contributed by atoms with Gasteiger partial charge in [0.25, 0.3) is 0 Å². The van der Waals surface area contributed by atoms with Crippen LogP contribution < -0.4 is 0 Å². The lowest BCUT2D eigenvalue weighted by Gasteiger charge is -2.35. The Bertz CT molecular complexity index is 184. The highest BCUT2D eigenvalue weighted by molar-refractivity contribution is 9.09. The van der Waals surface area contributed by atoms with Crippen molar-refractivity contribution in [3.05, 3.63) is 0 Å². The van der Waals surface area contributed by atoms with E-state index in [4.69, 9.17) is 4.74 Å². The average Bonchev–Trinajstić information content (AvgIpc) is 2.51. The molecule has 2 nitrogen and oxygen atoms in total. The summed E-state index contributed by atoms with van der Waals surface area (Å²) in [4.78, 5) is 2.38. The molecule has 1 aliphatic rings. The maximum absolute atomic E-state index is 5.81. The lowest BCUT2D eigenvalue weighted by molar-refractivity contribution is 0.0194. The van der Waals surface area contributed by atoms with E-state index in [2.05, 4.69) is 48.6 Å². The Morgan fingerprint density at radius 1 is 1.43 bits per heavy atom. The van der Waals surface area contributed by atoms with E-state index in [1.54, 1.807) is 0 Å². The van der Waals surface area contributed by atoms with Crippen molar-refractivity contribution < 1.29 is 4.74 Å². The van der Waals surface area contributed by atoms with Crippen molar-refractivity contribution in [1.29, 1.82) is 0 Å². The molecule has 0 aromatic carbocycles. The number of likely N-dealkylation sites (N-methyl/N-ethyl adjacent to an activating group) is 1. The highest BCUT2D eigenvalue weighted by Gasteiger charge is 2.28. The smallest absolute Gasteiger partial charge is 0.0706 e. The Hall–Kier alpha value is 0.400. The van der Waals surface area contributed by atoms with Gasteiger partial charge < -0.3 is 4.74 Å². The fourth-order valence-corrected chi connectivity index (χ4v) is 2.10. The summed E-state index contributed by atoms with van der Waals surface area (Å²) in [5.41, 5.74) is 0.217. The molecule has 3 heteroatoms. The summed E-state index contributed by atoms with van der Waals surface area (Å²) in [5, 5.41) is 0.999. The summed E-state index contributed by atoms with van der Waals surface area (Å²) in [6.07, 6.45) is 3.32. The quantitative estimate of drug-likeness (QED) is 0.724. The maximum Gasteiger partial charge on any atom is 0.0706 e. The highest BCUT2D eigenvalue weighted by Crippen LogP contribution is 2.23. The Morgan fingerprint density at radius 3 is 2.50 bits per heavy atom. The van der Waals surface area contributed by atoms with Crippen LogP contribution in [0.5, 0.6) is 0 Å². The maximum atomic E-state index is 5.81.